The van der Waals surface area contributed by atoms with Gasteiger partial charge in [-0.3, -0.25) is 0 Å². The summed E-state index contributed by atoms with van der Waals surface area (Å²) < 4.78 is 0. The van der Waals surface area contributed by atoms with Crippen molar-refractivity contribution in [3.63, 3.8) is 0 Å². The SMILES string of the molecule is CC1(C)C2CCC1(C)C(NC1CCCCC1O)C2. The van der Waals surface area contributed by atoms with Crippen molar-refractivity contribution in [2.45, 2.75) is 83.9 Å². The van der Waals surface area contributed by atoms with E-state index in [4.69, 9.17) is 0 Å². The molecule has 0 aromatic carbocycles. The normalized spacial score (nSPS) is 50.7. The van der Waals surface area contributed by atoms with E-state index in [0.717, 1.165) is 12.3 Å². The molecular formula is C16H29NO. The van der Waals surface area contributed by atoms with Gasteiger partial charge in [-0.15, -0.1) is 0 Å². The molecule has 104 valence electrons. The van der Waals surface area contributed by atoms with E-state index in [-0.39, 0.29) is 6.10 Å². The molecule has 5 atom stereocenters. The van der Waals surface area contributed by atoms with E-state index in [2.05, 4.69) is 26.1 Å². The van der Waals surface area contributed by atoms with E-state index < -0.39 is 0 Å². The van der Waals surface area contributed by atoms with Crippen LogP contribution >= 0.6 is 0 Å². The van der Waals surface area contributed by atoms with Crippen molar-refractivity contribution >= 4 is 0 Å². The van der Waals surface area contributed by atoms with Crippen LogP contribution in [0.3, 0.4) is 0 Å². The van der Waals surface area contributed by atoms with Crippen molar-refractivity contribution in [1.29, 1.82) is 0 Å². The maximum atomic E-state index is 10.2. The van der Waals surface area contributed by atoms with Crippen molar-refractivity contribution in [2.75, 3.05) is 0 Å². The van der Waals surface area contributed by atoms with Gasteiger partial charge >= 0.3 is 0 Å². The number of aliphatic hydroxyl groups excluding tert-OH is 1. The highest BCUT2D eigenvalue weighted by Gasteiger charge is 2.61. The van der Waals surface area contributed by atoms with E-state index in [1.807, 2.05) is 0 Å². The van der Waals surface area contributed by atoms with Gasteiger partial charge in [-0.1, -0.05) is 33.6 Å². The lowest BCUT2D eigenvalue weighted by molar-refractivity contribution is 0.0574. The second kappa shape index (κ2) is 4.21. The monoisotopic (exact) mass is 251 g/mol. The van der Waals surface area contributed by atoms with Gasteiger partial charge in [-0.2, -0.15) is 0 Å². The van der Waals surface area contributed by atoms with Crippen molar-refractivity contribution in [2.24, 2.45) is 16.7 Å². The summed E-state index contributed by atoms with van der Waals surface area (Å²) in [6.45, 7) is 7.40. The molecule has 3 fully saturated rings. The Balaban J connectivity index is 1.71. The third kappa shape index (κ3) is 1.68. The van der Waals surface area contributed by atoms with Gasteiger partial charge in [0.1, 0.15) is 0 Å². The number of hydrogen-bond acceptors (Lipinski definition) is 2. The maximum absolute atomic E-state index is 10.2. The lowest BCUT2D eigenvalue weighted by Gasteiger charge is -2.42. The molecule has 2 N–H and O–H groups in total. The summed E-state index contributed by atoms with van der Waals surface area (Å²) in [4.78, 5) is 0. The van der Waals surface area contributed by atoms with Crippen molar-refractivity contribution in [3.05, 3.63) is 0 Å². The topological polar surface area (TPSA) is 32.3 Å². The van der Waals surface area contributed by atoms with Crippen LogP contribution in [0.25, 0.3) is 0 Å². The minimum atomic E-state index is -0.107. The molecule has 3 aliphatic rings. The van der Waals surface area contributed by atoms with Crippen LogP contribution in [0.5, 0.6) is 0 Å². The zero-order valence-corrected chi connectivity index (χ0v) is 12.2. The van der Waals surface area contributed by atoms with Gasteiger partial charge < -0.3 is 10.4 Å². The molecule has 0 heterocycles. The first kappa shape index (κ1) is 12.9. The average Bonchev–Trinajstić information content (AvgIpc) is 2.65. The second-order valence-electron chi connectivity index (χ2n) is 7.79. The molecular weight excluding hydrogens is 222 g/mol. The Morgan fingerprint density at radius 2 is 1.78 bits per heavy atom. The van der Waals surface area contributed by atoms with Crippen LogP contribution in [0.4, 0.5) is 0 Å². The van der Waals surface area contributed by atoms with E-state index in [1.165, 1.54) is 38.5 Å². The van der Waals surface area contributed by atoms with Gasteiger partial charge in [-0.25, -0.2) is 0 Å². The third-order valence-corrected chi connectivity index (χ3v) is 6.94. The molecule has 0 aromatic heterocycles. The van der Waals surface area contributed by atoms with E-state index in [1.54, 1.807) is 0 Å². The van der Waals surface area contributed by atoms with Crippen LogP contribution in [0.1, 0.15) is 65.7 Å². The molecule has 5 unspecified atom stereocenters. The summed E-state index contributed by atoms with van der Waals surface area (Å²) in [6.07, 6.45) is 8.64. The summed E-state index contributed by atoms with van der Waals surface area (Å²) in [7, 11) is 0. The van der Waals surface area contributed by atoms with Gasteiger partial charge in [0.2, 0.25) is 0 Å². The van der Waals surface area contributed by atoms with Crippen LogP contribution in [0.2, 0.25) is 0 Å². The highest BCUT2D eigenvalue weighted by molar-refractivity contribution is 5.13. The minimum Gasteiger partial charge on any atom is -0.392 e. The molecule has 3 aliphatic carbocycles. The van der Waals surface area contributed by atoms with Gasteiger partial charge in [-0.05, 0) is 48.9 Å². The number of hydrogen-bond donors (Lipinski definition) is 2. The molecule has 0 spiro atoms. The van der Waals surface area contributed by atoms with Crippen molar-refractivity contribution in [3.8, 4) is 0 Å². The maximum Gasteiger partial charge on any atom is 0.0693 e. The summed E-state index contributed by atoms with van der Waals surface area (Å²) in [5.41, 5.74) is 0.916. The molecule has 0 aromatic rings. The van der Waals surface area contributed by atoms with Crippen LogP contribution < -0.4 is 5.32 Å². The summed E-state index contributed by atoms with van der Waals surface area (Å²) >= 11 is 0. The fraction of sp³-hybridized carbons (Fsp3) is 1.00. The molecule has 0 aliphatic heterocycles. The molecule has 0 radical (unpaired) electrons. The van der Waals surface area contributed by atoms with Crippen molar-refractivity contribution < 1.29 is 5.11 Å². The summed E-state index contributed by atoms with van der Waals surface area (Å²) in [5.74, 6) is 0.890. The number of aliphatic hydroxyl groups is 1. The molecule has 0 saturated heterocycles. The Morgan fingerprint density at radius 3 is 2.33 bits per heavy atom. The zero-order chi connectivity index (χ0) is 13.0. The molecule has 2 bridgehead atoms. The van der Waals surface area contributed by atoms with E-state index >= 15 is 0 Å². The van der Waals surface area contributed by atoms with Gasteiger partial charge in [0.05, 0.1) is 6.10 Å². The molecule has 18 heavy (non-hydrogen) atoms. The average molecular weight is 251 g/mol. The lowest BCUT2D eigenvalue weighted by atomic mass is 9.69. The van der Waals surface area contributed by atoms with Crippen molar-refractivity contribution in [1.82, 2.24) is 5.32 Å². The smallest absolute Gasteiger partial charge is 0.0693 e. The fourth-order valence-electron chi connectivity index (χ4n) is 5.02. The fourth-order valence-corrected chi connectivity index (χ4v) is 5.02. The van der Waals surface area contributed by atoms with Gasteiger partial charge in [0, 0.05) is 12.1 Å². The summed E-state index contributed by atoms with van der Waals surface area (Å²) in [5, 5.41) is 14.0. The van der Waals surface area contributed by atoms with Crippen LogP contribution in [0.15, 0.2) is 0 Å². The van der Waals surface area contributed by atoms with Gasteiger partial charge in [0.15, 0.2) is 0 Å². The number of nitrogens with one attached hydrogen (secondary N) is 1. The largest absolute Gasteiger partial charge is 0.392 e. The first-order valence-corrected chi connectivity index (χ1v) is 7.89. The third-order valence-electron chi connectivity index (χ3n) is 6.94. The first-order chi connectivity index (χ1) is 8.45. The van der Waals surface area contributed by atoms with Crippen LogP contribution in [-0.2, 0) is 0 Å². The number of rotatable bonds is 2. The quantitative estimate of drug-likeness (QED) is 0.790. The Bertz CT molecular complexity index is 327. The highest BCUT2D eigenvalue weighted by atomic mass is 16.3. The Labute approximate surface area is 112 Å². The van der Waals surface area contributed by atoms with E-state index in [9.17, 15) is 5.11 Å². The van der Waals surface area contributed by atoms with Gasteiger partial charge in [0.25, 0.3) is 0 Å². The molecule has 3 rings (SSSR count). The Kier molecular flexibility index (Phi) is 3.02. The van der Waals surface area contributed by atoms with E-state index in [0.29, 0.717) is 22.9 Å². The minimum absolute atomic E-state index is 0.107. The number of fused-ring (bicyclic) bond motifs is 2. The molecule has 3 saturated carbocycles. The predicted molar refractivity (Wildman–Crippen MR) is 74.4 cm³/mol. The molecule has 2 nitrogen and oxygen atoms in total. The highest BCUT2D eigenvalue weighted by Crippen LogP contribution is 2.65. The Hall–Kier alpha value is -0.0800. The second-order valence-corrected chi connectivity index (χ2v) is 7.79. The lowest BCUT2D eigenvalue weighted by Crippen LogP contribution is -2.53. The standard InChI is InChI=1S/C16H29NO/c1-15(2)11-8-9-16(15,3)14(10-11)17-12-6-4-5-7-13(12)18/h11-14,17-18H,4-10H2,1-3H3. The van der Waals surface area contributed by atoms with Crippen LogP contribution in [-0.4, -0.2) is 23.3 Å². The first-order valence-electron chi connectivity index (χ1n) is 7.89. The molecule has 0 amide bonds. The van der Waals surface area contributed by atoms with Crippen LogP contribution in [0, 0.1) is 16.7 Å². The summed E-state index contributed by atoms with van der Waals surface area (Å²) in [6, 6.07) is 0.986. The molecule has 2 heteroatoms. The zero-order valence-electron chi connectivity index (χ0n) is 12.2. The Morgan fingerprint density at radius 1 is 1.06 bits per heavy atom. The predicted octanol–water partition coefficient (Wildman–Crippen LogP) is 3.09.